The van der Waals surface area contributed by atoms with Crippen molar-refractivity contribution >= 4 is 23.6 Å². The number of rotatable bonds is 2. The van der Waals surface area contributed by atoms with Gasteiger partial charge in [-0.3, -0.25) is 10.7 Å². The molecule has 0 spiro atoms. The third-order valence-corrected chi connectivity index (χ3v) is 1.41. The topological polar surface area (TPSA) is 70.2 Å². The van der Waals surface area contributed by atoms with Crippen LogP contribution in [-0.2, 0) is 0 Å². The highest BCUT2D eigenvalue weighted by Gasteiger charge is 2.02. The molecule has 0 bridgehead atoms. The number of anilines is 1. The van der Waals surface area contributed by atoms with Crippen molar-refractivity contribution in [2.75, 3.05) is 19.4 Å². The van der Waals surface area contributed by atoms with Crippen LogP contribution < -0.4 is 10.7 Å². The number of hydrogen-bond donors (Lipinski definition) is 2. The Kier molecular flexibility index (Phi) is 2.94. The normalized spacial score (nSPS) is 9.92. The van der Waals surface area contributed by atoms with Crippen LogP contribution in [0.1, 0.15) is 0 Å². The summed E-state index contributed by atoms with van der Waals surface area (Å²) in [6, 6.07) is -0.326. The number of urea groups is 1. The molecule has 1 heterocycles. The zero-order valence-corrected chi connectivity index (χ0v) is 7.55. The molecule has 1 aromatic rings. The summed E-state index contributed by atoms with van der Waals surface area (Å²) >= 11 is 1.04. The Bertz CT molecular complexity index is 246. The van der Waals surface area contributed by atoms with Crippen LogP contribution in [0.15, 0.2) is 6.20 Å². The smallest absolute Gasteiger partial charge is 0.289 e. The van der Waals surface area contributed by atoms with Crippen molar-refractivity contribution in [3.8, 4) is 0 Å². The summed E-state index contributed by atoms with van der Waals surface area (Å²) < 4.78 is 7.53. The minimum Gasteiger partial charge on any atom is -0.289 e. The van der Waals surface area contributed by atoms with Gasteiger partial charge in [0.2, 0.25) is 0 Å². The molecule has 12 heavy (non-hydrogen) atoms. The number of aromatic nitrogens is 2. The van der Waals surface area contributed by atoms with E-state index in [-0.39, 0.29) is 6.03 Å². The van der Waals surface area contributed by atoms with Crippen molar-refractivity contribution in [1.82, 2.24) is 19.2 Å². The lowest BCUT2D eigenvalue weighted by molar-refractivity contribution is 0.224. The Labute approximate surface area is 73.9 Å². The molecular weight excluding hydrogens is 178 g/mol. The highest BCUT2D eigenvalue weighted by Crippen LogP contribution is 2.00. The summed E-state index contributed by atoms with van der Waals surface area (Å²) in [4.78, 5) is 11.0. The second-order valence-electron chi connectivity index (χ2n) is 2.25. The van der Waals surface area contributed by atoms with Gasteiger partial charge in [0.15, 0.2) is 5.82 Å². The largest absolute Gasteiger partial charge is 0.334 e. The molecule has 1 rings (SSSR count). The fraction of sp³-hybridized carbons (Fsp3) is 0.400. The van der Waals surface area contributed by atoms with Crippen LogP contribution in [0.4, 0.5) is 10.6 Å². The Morgan fingerprint density at radius 1 is 1.67 bits per heavy atom. The van der Waals surface area contributed by atoms with Crippen molar-refractivity contribution in [1.29, 1.82) is 0 Å². The third kappa shape index (κ3) is 2.81. The van der Waals surface area contributed by atoms with Gasteiger partial charge >= 0.3 is 6.03 Å². The second-order valence-corrected chi connectivity index (χ2v) is 2.81. The van der Waals surface area contributed by atoms with E-state index in [1.54, 1.807) is 14.1 Å². The molecule has 0 aliphatic carbocycles. The molecule has 2 amide bonds. The Hall–Kier alpha value is -1.21. The maximum absolute atomic E-state index is 11.0. The van der Waals surface area contributed by atoms with E-state index in [1.807, 2.05) is 0 Å². The van der Waals surface area contributed by atoms with Crippen LogP contribution in [0, 0.1) is 0 Å². The molecule has 0 fully saturated rings. The average Bonchev–Trinajstić information content (AvgIpc) is 2.37. The van der Waals surface area contributed by atoms with Crippen LogP contribution in [0.5, 0.6) is 0 Å². The second kappa shape index (κ2) is 3.98. The minimum atomic E-state index is -0.326. The molecule has 66 valence electrons. The van der Waals surface area contributed by atoms with Gasteiger partial charge in [0.1, 0.15) is 0 Å². The molecule has 0 aromatic carbocycles. The van der Waals surface area contributed by atoms with Crippen molar-refractivity contribution in [2.45, 2.75) is 0 Å². The zero-order chi connectivity index (χ0) is 8.97. The van der Waals surface area contributed by atoms with Gasteiger partial charge in [0.05, 0.1) is 17.9 Å². The predicted molar refractivity (Wildman–Crippen MR) is 45.8 cm³/mol. The Balaban J connectivity index is 2.37. The van der Waals surface area contributed by atoms with Gasteiger partial charge in [0.25, 0.3) is 0 Å². The van der Waals surface area contributed by atoms with Gasteiger partial charge in [-0.2, -0.15) is 8.75 Å². The first kappa shape index (κ1) is 8.88. The van der Waals surface area contributed by atoms with Crippen molar-refractivity contribution in [2.24, 2.45) is 0 Å². The molecule has 6 nitrogen and oxygen atoms in total. The molecule has 7 heteroatoms. The molecular formula is C5H9N5OS. The van der Waals surface area contributed by atoms with Gasteiger partial charge in [-0.15, -0.1) is 0 Å². The highest BCUT2D eigenvalue weighted by atomic mass is 32.1. The molecule has 0 radical (unpaired) electrons. The third-order valence-electron chi connectivity index (χ3n) is 0.928. The maximum Gasteiger partial charge on any atom is 0.334 e. The van der Waals surface area contributed by atoms with Crippen molar-refractivity contribution < 1.29 is 4.79 Å². The lowest BCUT2D eigenvalue weighted by Gasteiger charge is -2.10. The predicted octanol–water partition coefficient (Wildman–Crippen LogP) is 0.136. The standard InChI is InChI=1S/C5H9N5OS/c1-10(2)8-5(11)7-4-3-6-12-9-4/h3H,1-2H3,(H2,7,8,9,11). The van der Waals surface area contributed by atoms with Gasteiger partial charge in [-0.25, -0.2) is 9.80 Å². The Morgan fingerprint density at radius 2 is 2.42 bits per heavy atom. The SMILES string of the molecule is CN(C)NC(=O)Nc1cnsn1. The summed E-state index contributed by atoms with van der Waals surface area (Å²) in [6.07, 6.45) is 1.49. The number of amides is 2. The van der Waals surface area contributed by atoms with E-state index in [2.05, 4.69) is 19.5 Å². The van der Waals surface area contributed by atoms with Crippen LogP contribution in [-0.4, -0.2) is 33.9 Å². The van der Waals surface area contributed by atoms with E-state index >= 15 is 0 Å². The zero-order valence-electron chi connectivity index (χ0n) is 6.74. The lowest BCUT2D eigenvalue weighted by atomic mass is 10.7. The van der Waals surface area contributed by atoms with Crippen LogP contribution in [0.3, 0.4) is 0 Å². The first-order valence-electron chi connectivity index (χ1n) is 3.21. The summed E-state index contributed by atoms with van der Waals surface area (Å²) in [6.45, 7) is 0. The molecule has 0 saturated heterocycles. The van der Waals surface area contributed by atoms with E-state index in [0.717, 1.165) is 11.7 Å². The molecule has 0 unspecified atom stereocenters. The van der Waals surface area contributed by atoms with Crippen LogP contribution >= 0.6 is 11.7 Å². The van der Waals surface area contributed by atoms with E-state index in [1.165, 1.54) is 11.2 Å². The van der Waals surface area contributed by atoms with Gasteiger partial charge in [-0.1, -0.05) is 0 Å². The van der Waals surface area contributed by atoms with Gasteiger partial charge < -0.3 is 0 Å². The average molecular weight is 187 g/mol. The Morgan fingerprint density at radius 3 is 2.92 bits per heavy atom. The molecule has 0 saturated carbocycles. The molecule has 0 aliphatic rings. The van der Waals surface area contributed by atoms with E-state index < -0.39 is 0 Å². The summed E-state index contributed by atoms with van der Waals surface area (Å²) in [7, 11) is 3.44. The fourth-order valence-electron chi connectivity index (χ4n) is 0.567. The summed E-state index contributed by atoms with van der Waals surface area (Å²) in [5, 5.41) is 4.04. The molecule has 1 aromatic heterocycles. The summed E-state index contributed by atoms with van der Waals surface area (Å²) in [5.41, 5.74) is 2.50. The van der Waals surface area contributed by atoms with Crippen molar-refractivity contribution in [3.05, 3.63) is 6.20 Å². The van der Waals surface area contributed by atoms with E-state index in [9.17, 15) is 4.79 Å². The number of nitrogens with zero attached hydrogens (tertiary/aromatic N) is 3. The summed E-state index contributed by atoms with van der Waals surface area (Å²) in [5.74, 6) is 0.458. The van der Waals surface area contributed by atoms with E-state index in [4.69, 9.17) is 0 Å². The van der Waals surface area contributed by atoms with Gasteiger partial charge in [0, 0.05) is 14.1 Å². The fourth-order valence-corrected chi connectivity index (χ4v) is 0.942. The van der Waals surface area contributed by atoms with E-state index in [0.29, 0.717) is 5.82 Å². The number of hydrogen-bond acceptors (Lipinski definition) is 5. The van der Waals surface area contributed by atoms with Gasteiger partial charge in [-0.05, 0) is 0 Å². The first-order valence-corrected chi connectivity index (χ1v) is 3.94. The minimum absolute atomic E-state index is 0.326. The van der Waals surface area contributed by atoms with Crippen LogP contribution in [0.2, 0.25) is 0 Å². The van der Waals surface area contributed by atoms with Crippen molar-refractivity contribution in [3.63, 3.8) is 0 Å². The number of carbonyl (C=O) groups is 1. The molecule has 0 aliphatic heterocycles. The maximum atomic E-state index is 11.0. The molecule has 2 N–H and O–H groups in total. The quantitative estimate of drug-likeness (QED) is 0.646. The first-order chi connectivity index (χ1) is 5.68. The number of carbonyl (C=O) groups excluding carboxylic acids is 1. The highest BCUT2D eigenvalue weighted by molar-refractivity contribution is 6.99. The lowest BCUT2D eigenvalue weighted by Crippen LogP contribution is -2.39. The number of hydrazine groups is 1. The monoisotopic (exact) mass is 187 g/mol. The number of nitrogens with one attached hydrogen (secondary N) is 2. The molecule has 0 atom stereocenters. The van der Waals surface area contributed by atoms with Crippen LogP contribution in [0.25, 0.3) is 0 Å².